The van der Waals surface area contributed by atoms with Crippen molar-refractivity contribution >= 4 is 11.8 Å². The van der Waals surface area contributed by atoms with Gasteiger partial charge in [0, 0.05) is 29.7 Å². The second-order valence-electron chi connectivity index (χ2n) is 3.74. The third kappa shape index (κ3) is 3.01. The van der Waals surface area contributed by atoms with Crippen LogP contribution < -0.4 is 5.32 Å². The van der Waals surface area contributed by atoms with Gasteiger partial charge in [-0.2, -0.15) is 11.8 Å². The van der Waals surface area contributed by atoms with Gasteiger partial charge in [0.05, 0.1) is 0 Å². The number of aliphatic hydroxyl groups is 1. The topological polar surface area (TPSA) is 32.3 Å². The molecular weight excluding hydrogens is 158 g/mol. The summed E-state index contributed by atoms with van der Waals surface area (Å²) in [5.74, 6) is 2.46. The summed E-state index contributed by atoms with van der Waals surface area (Å²) in [7, 11) is 0. The molecular formula is C8H17NOS. The molecule has 0 bridgehead atoms. The summed E-state index contributed by atoms with van der Waals surface area (Å²) in [4.78, 5) is 0. The summed E-state index contributed by atoms with van der Waals surface area (Å²) < 4.78 is 0. The van der Waals surface area contributed by atoms with Gasteiger partial charge in [-0.05, 0) is 20.3 Å². The Morgan fingerprint density at radius 2 is 2.18 bits per heavy atom. The number of nitrogens with one attached hydrogen (secondary N) is 1. The van der Waals surface area contributed by atoms with Crippen molar-refractivity contribution in [3.63, 3.8) is 0 Å². The fraction of sp³-hybridized carbons (Fsp3) is 1.00. The van der Waals surface area contributed by atoms with Crippen LogP contribution in [0.15, 0.2) is 0 Å². The molecule has 0 aromatic carbocycles. The van der Waals surface area contributed by atoms with E-state index in [0.29, 0.717) is 6.04 Å². The zero-order valence-electron chi connectivity index (χ0n) is 7.26. The van der Waals surface area contributed by atoms with E-state index in [9.17, 15) is 0 Å². The van der Waals surface area contributed by atoms with E-state index in [1.807, 2.05) is 11.8 Å². The van der Waals surface area contributed by atoms with Gasteiger partial charge in [0.1, 0.15) is 0 Å². The van der Waals surface area contributed by atoms with Crippen molar-refractivity contribution in [2.24, 2.45) is 0 Å². The van der Waals surface area contributed by atoms with E-state index in [1.165, 1.54) is 11.5 Å². The summed E-state index contributed by atoms with van der Waals surface area (Å²) in [6.07, 6.45) is 0.841. The van der Waals surface area contributed by atoms with E-state index in [0.717, 1.165) is 6.42 Å². The zero-order chi connectivity index (χ0) is 8.32. The highest BCUT2D eigenvalue weighted by Gasteiger charge is 2.25. The minimum atomic E-state index is 0.112. The Hall–Kier alpha value is 0.270. The van der Waals surface area contributed by atoms with E-state index in [4.69, 9.17) is 5.11 Å². The Morgan fingerprint density at radius 1 is 1.55 bits per heavy atom. The van der Waals surface area contributed by atoms with Crippen LogP contribution in [0.5, 0.6) is 0 Å². The molecule has 2 N–H and O–H groups in total. The number of thioether (sulfide) groups is 1. The van der Waals surface area contributed by atoms with Gasteiger partial charge in [0.15, 0.2) is 0 Å². The highest BCUT2D eigenvalue weighted by molar-refractivity contribution is 8.00. The van der Waals surface area contributed by atoms with E-state index < -0.39 is 0 Å². The van der Waals surface area contributed by atoms with Crippen LogP contribution >= 0.6 is 11.8 Å². The summed E-state index contributed by atoms with van der Waals surface area (Å²) in [6.45, 7) is 4.57. The molecule has 0 amide bonds. The molecule has 2 nitrogen and oxygen atoms in total. The second kappa shape index (κ2) is 3.78. The maximum Gasteiger partial charge on any atom is 0.0448 e. The Kier molecular flexibility index (Phi) is 3.22. The first kappa shape index (κ1) is 9.36. The molecule has 0 atom stereocenters. The van der Waals surface area contributed by atoms with Gasteiger partial charge in [0.25, 0.3) is 0 Å². The standard InChI is InChI=1S/C8H17NOS/c1-8(2,3-4-10)9-7-5-11-6-7/h7,9-10H,3-6H2,1-2H3. The molecule has 1 aliphatic heterocycles. The van der Waals surface area contributed by atoms with Crippen molar-refractivity contribution in [2.75, 3.05) is 18.1 Å². The first-order valence-corrected chi connectivity index (χ1v) is 5.26. The smallest absolute Gasteiger partial charge is 0.0448 e. The average Bonchev–Trinajstić information content (AvgIpc) is 1.79. The highest BCUT2D eigenvalue weighted by Crippen LogP contribution is 2.21. The van der Waals surface area contributed by atoms with Crippen molar-refractivity contribution in [1.29, 1.82) is 0 Å². The third-order valence-electron chi connectivity index (χ3n) is 1.97. The van der Waals surface area contributed by atoms with Crippen LogP contribution in [-0.2, 0) is 0 Å². The Labute approximate surface area is 72.8 Å². The van der Waals surface area contributed by atoms with E-state index in [1.54, 1.807) is 0 Å². The molecule has 0 aromatic heterocycles. The van der Waals surface area contributed by atoms with Crippen LogP contribution in [0, 0.1) is 0 Å². The van der Waals surface area contributed by atoms with Gasteiger partial charge in [-0.15, -0.1) is 0 Å². The molecule has 0 saturated carbocycles. The fourth-order valence-corrected chi connectivity index (χ4v) is 1.86. The molecule has 0 spiro atoms. The molecule has 66 valence electrons. The molecule has 11 heavy (non-hydrogen) atoms. The molecule has 1 rings (SSSR count). The first-order valence-electron chi connectivity index (χ1n) is 4.10. The first-order chi connectivity index (χ1) is 5.14. The van der Waals surface area contributed by atoms with Crippen molar-refractivity contribution in [3.05, 3.63) is 0 Å². The normalized spacial score (nSPS) is 19.9. The fourth-order valence-electron chi connectivity index (χ4n) is 1.22. The maximum atomic E-state index is 8.76. The Balaban J connectivity index is 2.20. The number of hydrogen-bond acceptors (Lipinski definition) is 3. The lowest BCUT2D eigenvalue weighted by molar-refractivity contribution is 0.223. The quantitative estimate of drug-likeness (QED) is 0.664. The van der Waals surface area contributed by atoms with Crippen LogP contribution in [0.4, 0.5) is 0 Å². The second-order valence-corrected chi connectivity index (χ2v) is 4.81. The largest absolute Gasteiger partial charge is 0.396 e. The van der Waals surface area contributed by atoms with Gasteiger partial charge in [-0.3, -0.25) is 0 Å². The van der Waals surface area contributed by atoms with Gasteiger partial charge in [0.2, 0.25) is 0 Å². The molecule has 0 unspecified atom stereocenters. The van der Waals surface area contributed by atoms with Crippen LogP contribution in [-0.4, -0.2) is 34.8 Å². The number of rotatable bonds is 4. The molecule has 1 fully saturated rings. The lowest BCUT2D eigenvalue weighted by Crippen LogP contribution is -2.52. The molecule has 0 aromatic rings. The van der Waals surface area contributed by atoms with Gasteiger partial charge in [-0.1, -0.05) is 0 Å². The Bertz CT molecular complexity index is 123. The molecule has 0 radical (unpaired) electrons. The molecule has 1 aliphatic rings. The summed E-state index contributed by atoms with van der Waals surface area (Å²) >= 11 is 1.98. The van der Waals surface area contributed by atoms with Crippen molar-refractivity contribution in [3.8, 4) is 0 Å². The van der Waals surface area contributed by atoms with E-state index in [2.05, 4.69) is 19.2 Å². The maximum absolute atomic E-state index is 8.76. The lowest BCUT2D eigenvalue weighted by atomic mass is 10.0. The highest BCUT2D eigenvalue weighted by atomic mass is 32.2. The van der Waals surface area contributed by atoms with Gasteiger partial charge < -0.3 is 10.4 Å². The van der Waals surface area contributed by atoms with Crippen LogP contribution in [0.25, 0.3) is 0 Å². The molecule has 3 heteroatoms. The monoisotopic (exact) mass is 175 g/mol. The average molecular weight is 175 g/mol. The number of aliphatic hydroxyl groups excluding tert-OH is 1. The molecule has 1 saturated heterocycles. The lowest BCUT2D eigenvalue weighted by Gasteiger charge is -2.35. The van der Waals surface area contributed by atoms with Gasteiger partial charge in [-0.25, -0.2) is 0 Å². The van der Waals surface area contributed by atoms with E-state index >= 15 is 0 Å². The summed E-state index contributed by atoms with van der Waals surface area (Å²) in [5.41, 5.74) is 0.112. The minimum absolute atomic E-state index is 0.112. The Morgan fingerprint density at radius 3 is 2.55 bits per heavy atom. The van der Waals surface area contributed by atoms with Crippen LogP contribution in [0.2, 0.25) is 0 Å². The molecule has 1 heterocycles. The summed E-state index contributed by atoms with van der Waals surface area (Å²) in [5, 5.41) is 12.3. The van der Waals surface area contributed by atoms with Crippen molar-refractivity contribution < 1.29 is 5.11 Å². The predicted octanol–water partition coefficient (Wildman–Crippen LogP) is 0.852. The predicted molar refractivity (Wildman–Crippen MR) is 50.0 cm³/mol. The van der Waals surface area contributed by atoms with Crippen LogP contribution in [0.1, 0.15) is 20.3 Å². The van der Waals surface area contributed by atoms with Gasteiger partial charge >= 0.3 is 0 Å². The number of hydrogen-bond donors (Lipinski definition) is 2. The zero-order valence-corrected chi connectivity index (χ0v) is 8.08. The molecule has 0 aliphatic carbocycles. The van der Waals surface area contributed by atoms with Crippen molar-refractivity contribution in [1.82, 2.24) is 5.32 Å². The third-order valence-corrected chi connectivity index (χ3v) is 3.25. The van der Waals surface area contributed by atoms with E-state index in [-0.39, 0.29) is 12.1 Å². The SMILES string of the molecule is CC(C)(CCO)NC1CSC1. The van der Waals surface area contributed by atoms with Crippen LogP contribution in [0.3, 0.4) is 0 Å². The minimum Gasteiger partial charge on any atom is -0.396 e. The van der Waals surface area contributed by atoms with Crippen molar-refractivity contribution in [2.45, 2.75) is 31.8 Å². The summed E-state index contributed by atoms with van der Waals surface area (Å²) in [6, 6.07) is 0.682.